The minimum atomic E-state index is 0.679. The summed E-state index contributed by atoms with van der Waals surface area (Å²) in [6.45, 7) is 14.6. The molecular weight excluding hydrogens is 234 g/mol. The van der Waals surface area contributed by atoms with E-state index in [4.69, 9.17) is 0 Å². The van der Waals surface area contributed by atoms with E-state index >= 15 is 0 Å². The van der Waals surface area contributed by atoms with Crippen LogP contribution in [0.5, 0.6) is 0 Å². The van der Waals surface area contributed by atoms with E-state index in [1.54, 1.807) is 0 Å². The maximum absolute atomic E-state index is 3.77. The van der Waals surface area contributed by atoms with Crippen LogP contribution < -0.4 is 5.32 Å². The maximum Gasteiger partial charge on any atom is 0.0224 e. The molecule has 2 saturated heterocycles. The summed E-state index contributed by atoms with van der Waals surface area (Å²) in [5.74, 6) is 0.785. The second kappa shape index (κ2) is 7.61. The van der Waals surface area contributed by atoms with Gasteiger partial charge in [0.05, 0.1) is 0 Å². The first-order valence-corrected chi connectivity index (χ1v) is 8.44. The van der Waals surface area contributed by atoms with Crippen LogP contribution in [0.25, 0.3) is 0 Å². The van der Waals surface area contributed by atoms with Gasteiger partial charge in [-0.15, -0.1) is 0 Å². The van der Waals surface area contributed by atoms with Crippen LogP contribution in [0, 0.1) is 5.92 Å². The summed E-state index contributed by atoms with van der Waals surface area (Å²) in [6.07, 6.45) is 5.36. The Morgan fingerprint density at radius 1 is 1.21 bits per heavy atom. The van der Waals surface area contributed by atoms with Crippen molar-refractivity contribution in [2.75, 3.05) is 39.3 Å². The fourth-order valence-electron chi connectivity index (χ4n) is 3.56. The topological polar surface area (TPSA) is 18.5 Å². The highest BCUT2D eigenvalue weighted by Gasteiger charge is 2.31. The predicted octanol–water partition coefficient (Wildman–Crippen LogP) is 2.18. The lowest BCUT2D eigenvalue weighted by atomic mass is 9.97. The molecule has 0 aromatic heterocycles. The first-order chi connectivity index (χ1) is 9.24. The zero-order valence-electron chi connectivity index (χ0n) is 13.2. The van der Waals surface area contributed by atoms with Gasteiger partial charge in [0.1, 0.15) is 0 Å². The standard InChI is InChI=1S/C16H33N3/c1-4-8-17-16(14(3)5-2)13-18-10-11-19-9-6-7-15(19)12-18/h14-17H,4-13H2,1-3H3. The lowest BCUT2D eigenvalue weighted by molar-refractivity contribution is 0.0898. The van der Waals surface area contributed by atoms with Crippen LogP contribution >= 0.6 is 0 Å². The van der Waals surface area contributed by atoms with Crippen molar-refractivity contribution in [1.82, 2.24) is 15.1 Å². The molecule has 2 fully saturated rings. The van der Waals surface area contributed by atoms with Crippen LogP contribution in [-0.2, 0) is 0 Å². The third-order valence-electron chi connectivity index (χ3n) is 5.11. The van der Waals surface area contributed by atoms with Crippen LogP contribution in [0.2, 0.25) is 0 Å². The van der Waals surface area contributed by atoms with Crippen LogP contribution in [-0.4, -0.2) is 61.2 Å². The van der Waals surface area contributed by atoms with Crippen molar-refractivity contribution < 1.29 is 0 Å². The summed E-state index contributed by atoms with van der Waals surface area (Å²) >= 11 is 0. The molecule has 0 radical (unpaired) electrons. The summed E-state index contributed by atoms with van der Waals surface area (Å²) in [5, 5.41) is 3.77. The maximum atomic E-state index is 3.77. The van der Waals surface area contributed by atoms with Gasteiger partial charge in [-0.1, -0.05) is 27.2 Å². The van der Waals surface area contributed by atoms with Crippen LogP contribution in [0.3, 0.4) is 0 Å². The first-order valence-electron chi connectivity index (χ1n) is 8.44. The molecule has 0 aromatic rings. The van der Waals surface area contributed by atoms with Crippen LogP contribution in [0.15, 0.2) is 0 Å². The largest absolute Gasteiger partial charge is 0.312 e. The summed E-state index contributed by atoms with van der Waals surface area (Å²) in [4.78, 5) is 5.42. The van der Waals surface area contributed by atoms with Gasteiger partial charge in [-0.05, 0) is 38.3 Å². The SMILES string of the molecule is CCCNC(CN1CCN2CCCC2C1)C(C)CC. The van der Waals surface area contributed by atoms with E-state index in [0.717, 1.165) is 12.0 Å². The molecule has 3 heteroatoms. The zero-order valence-corrected chi connectivity index (χ0v) is 13.2. The quantitative estimate of drug-likeness (QED) is 0.763. The molecule has 2 rings (SSSR count). The molecule has 112 valence electrons. The van der Waals surface area contributed by atoms with Crippen LogP contribution in [0.1, 0.15) is 46.5 Å². The Bertz CT molecular complexity index is 256. The van der Waals surface area contributed by atoms with Gasteiger partial charge >= 0.3 is 0 Å². The highest BCUT2D eigenvalue weighted by Crippen LogP contribution is 2.22. The summed E-state index contributed by atoms with van der Waals surface area (Å²) in [7, 11) is 0. The highest BCUT2D eigenvalue weighted by atomic mass is 15.3. The Balaban J connectivity index is 1.82. The van der Waals surface area contributed by atoms with E-state index in [0.29, 0.717) is 6.04 Å². The molecule has 1 N–H and O–H groups in total. The molecule has 0 amide bonds. The molecule has 2 heterocycles. The van der Waals surface area contributed by atoms with Gasteiger partial charge in [0.2, 0.25) is 0 Å². The molecule has 3 nitrogen and oxygen atoms in total. The van der Waals surface area contributed by atoms with E-state index in [2.05, 4.69) is 35.9 Å². The Labute approximate surface area is 119 Å². The van der Waals surface area contributed by atoms with Gasteiger partial charge in [-0.2, -0.15) is 0 Å². The van der Waals surface area contributed by atoms with Gasteiger partial charge < -0.3 is 5.32 Å². The Kier molecular flexibility index (Phi) is 6.11. The first kappa shape index (κ1) is 15.3. The average Bonchev–Trinajstić information content (AvgIpc) is 2.90. The summed E-state index contributed by atoms with van der Waals surface area (Å²) < 4.78 is 0. The fraction of sp³-hybridized carbons (Fsp3) is 1.00. The predicted molar refractivity (Wildman–Crippen MR) is 82.6 cm³/mol. The smallest absolute Gasteiger partial charge is 0.0224 e. The minimum absolute atomic E-state index is 0.679. The summed E-state index contributed by atoms with van der Waals surface area (Å²) in [5.41, 5.74) is 0. The average molecular weight is 267 g/mol. The molecular formula is C16H33N3. The highest BCUT2D eigenvalue weighted by molar-refractivity contribution is 4.88. The van der Waals surface area contributed by atoms with Gasteiger partial charge in [0.15, 0.2) is 0 Å². The normalized spacial score (nSPS) is 28.3. The second-order valence-corrected chi connectivity index (χ2v) is 6.54. The molecule has 0 saturated carbocycles. The number of hydrogen-bond donors (Lipinski definition) is 1. The number of rotatable bonds is 7. The van der Waals surface area contributed by atoms with Gasteiger partial charge in [0.25, 0.3) is 0 Å². The van der Waals surface area contributed by atoms with Crippen molar-refractivity contribution in [2.45, 2.75) is 58.5 Å². The number of nitrogens with zero attached hydrogens (tertiary/aromatic N) is 2. The molecule has 2 aliphatic heterocycles. The number of piperazine rings is 1. The Hall–Kier alpha value is -0.120. The van der Waals surface area contributed by atoms with E-state index in [1.165, 1.54) is 65.0 Å². The van der Waals surface area contributed by atoms with Crippen LogP contribution in [0.4, 0.5) is 0 Å². The van der Waals surface area contributed by atoms with E-state index in [-0.39, 0.29) is 0 Å². The van der Waals surface area contributed by atoms with E-state index < -0.39 is 0 Å². The third-order valence-corrected chi connectivity index (χ3v) is 5.11. The van der Waals surface area contributed by atoms with Crippen molar-refractivity contribution in [3.05, 3.63) is 0 Å². The molecule has 0 aliphatic carbocycles. The lowest BCUT2D eigenvalue weighted by Gasteiger charge is -2.40. The van der Waals surface area contributed by atoms with E-state index in [1.807, 2.05) is 0 Å². The molecule has 2 aliphatic rings. The number of fused-ring (bicyclic) bond motifs is 1. The third kappa shape index (κ3) is 4.17. The Morgan fingerprint density at radius 3 is 2.79 bits per heavy atom. The fourth-order valence-corrected chi connectivity index (χ4v) is 3.56. The molecule has 0 aromatic carbocycles. The van der Waals surface area contributed by atoms with Crippen molar-refractivity contribution in [2.24, 2.45) is 5.92 Å². The lowest BCUT2D eigenvalue weighted by Crippen LogP contribution is -2.54. The molecule has 3 unspecified atom stereocenters. The zero-order chi connectivity index (χ0) is 13.7. The minimum Gasteiger partial charge on any atom is -0.312 e. The molecule has 3 atom stereocenters. The summed E-state index contributed by atoms with van der Waals surface area (Å²) in [6, 6.07) is 1.54. The van der Waals surface area contributed by atoms with Crippen molar-refractivity contribution in [3.8, 4) is 0 Å². The van der Waals surface area contributed by atoms with Gasteiger partial charge in [-0.25, -0.2) is 0 Å². The number of nitrogens with one attached hydrogen (secondary N) is 1. The number of hydrogen-bond acceptors (Lipinski definition) is 3. The van der Waals surface area contributed by atoms with Crippen molar-refractivity contribution in [1.29, 1.82) is 0 Å². The van der Waals surface area contributed by atoms with E-state index in [9.17, 15) is 0 Å². The molecule has 19 heavy (non-hydrogen) atoms. The second-order valence-electron chi connectivity index (χ2n) is 6.54. The molecule has 0 spiro atoms. The van der Waals surface area contributed by atoms with Crippen molar-refractivity contribution >= 4 is 0 Å². The monoisotopic (exact) mass is 267 g/mol. The van der Waals surface area contributed by atoms with Gasteiger partial charge in [0, 0.05) is 38.3 Å². The molecule has 0 bridgehead atoms. The van der Waals surface area contributed by atoms with Crippen molar-refractivity contribution in [3.63, 3.8) is 0 Å². The van der Waals surface area contributed by atoms with Gasteiger partial charge in [-0.3, -0.25) is 9.80 Å². The Morgan fingerprint density at radius 2 is 2.05 bits per heavy atom.